The van der Waals surface area contributed by atoms with E-state index in [2.05, 4.69) is 21.2 Å². The Bertz CT molecular complexity index is 294. The number of halogens is 1. The Kier molecular flexibility index (Phi) is 3.75. The molecule has 3 nitrogen and oxygen atoms in total. The van der Waals surface area contributed by atoms with Crippen LogP contribution in [0.15, 0.2) is 21.2 Å². The topological polar surface area (TPSA) is 45.4 Å². The number of rotatable bonds is 4. The van der Waals surface area contributed by atoms with Crippen LogP contribution in [0, 0.1) is 0 Å². The summed E-state index contributed by atoms with van der Waals surface area (Å²) in [6.45, 7) is 6.28. The molecule has 1 atom stereocenters. The van der Waals surface area contributed by atoms with E-state index in [4.69, 9.17) is 4.42 Å². The second-order valence-corrected chi connectivity index (χ2v) is 4.69. The predicted molar refractivity (Wildman–Crippen MR) is 59.1 cm³/mol. The van der Waals surface area contributed by atoms with Crippen molar-refractivity contribution in [3.05, 3.63) is 22.6 Å². The number of furan rings is 1. The van der Waals surface area contributed by atoms with Gasteiger partial charge in [-0.15, -0.1) is 0 Å². The van der Waals surface area contributed by atoms with Crippen LogP contribution in [0.2, 0.25) is 0 Å². The van der Waals surface area contributed by atoms with E-state index in [0.717, 1.165) is 0 Å². The van der Waals surface area contributed by atoms with Crippen LogP contribution in [0.3, 0.4) is 0 Å². The standard InChI is InChI=1S/C10H16BrNO2/c1-7(2)12-6-10(3,13)8-4-5-9(11)14-8/h4-5,7,12-13H,6H2,1-3H3. The van der Waals surface area contributed by atoms with Gasteiger partial charge in [0.15, 0.2) is 4.67 Å². The highest BCUT2D eigenvalue weighted by atomic mass is 79.9. The summed E-state index contributed by atoms with van der Waals surface area (Å²) in [5, 5.41) is 13.2. The minimum atomic E-state index is -0.962. The van der Waals surface area contributed by atoms with E-state index in [-0.39, 0.29) is 0 Å². The van der Waals surface area contributed by atoms with E-state index >= 15 is 0 Å². The summed E-state index contributed by atoms with van der Waals surface area (Å²) < 4.78 is 5.94. The van der Waals surface area contributed by atoms with Gasteiger partial charge in [-0.1, -0.05) is 13.8 Å². The van der Waals surface area contributed by atoms with Crippen LogP contribution in [-0.4, -0.2) is 17.7 Å². The van der Waals surface area contributed by atoms with E-state index in [1.807, 2.05) is 13.8 Å². The third-order valence-corrected chi connectivity index (χ3v) is 2.38. The van der Waals surface area contributed by atoms with Crippen LogP contribution in [-0.2, 0) is 5.60 Å². The lowest BCUT2D eigenvalue weighted by Crippen LogP contribution is -2.38. The van der Waals surface area contributed by atoms with Crippen molar-refractivity contribution in [2.75, 3.05) is 6.54 Å². The van der Waals surface area contributed by atoms with Gasteiger partial charge in [-0.25, -0.2) is 0 Å². The maximum Gasteiger partial charge on any atom is 0.169 e. The predicted octanol–water partition coefficient (Wildman–Crippen LogP) is 2.25. The Labute approximate surface area is 92.6 Å². The fourth-order valence-electron chi connectivity index (χ4n) is 1.09. The van der Waals surface area contributed by atoms with Crippen LogP contribution in [0.25, 0.3) is 0 Å². The summed E-state index contributed by atoms with van der Waals surface area (Å²) >= 11 is 3.21. The zero-order chi connectivity index (χ0) is 10.8. The van der Waals surface area contributed by atoms with Crippen molar-refractivity contribution < 1.29 is 9.52 Å². The minimum absolute atomic E-state index is 0.347. The number of aliphatic hydroxyl groups is 1. The highest BCUT2D eigenvalue weighted by Crippen LogP contribution is 2.24. The molecule has 1 rings (SSSR count). The lowest BCUT2D eigenvalue weighted by atomic mass is 10.0. The molecule has 2 N–H and O–H groups in total. The molecule has 0 amide bonds. The van der Waals surface area contributed by atoms with Gasteiger partial charge in [-0.05, 0) is 35.0 Å². The summed E-state index contributed by atoms with van der Waals surface area (Å²) in [7, 11) is 0. The van der Waals surface area contributed by atoms with Gasteiger partial charge in [0.1, 0.15) is 11.4 Å². The number of hydrogen-bond donors (Lipinski definition) is 2. The highest BCUT2D eigenvalue weighted by Gasteiger charge is 2.26. The molecule has 14 heavy (non-hydrogen) atoms. The van der Waals surface area contributed by atoms with Crippen molar-refractivity contribution >= 4 is 15.9 Å². The zero-order valence-corrected chi connectivity index (χ0v) is 10.3. The third kappa shape index (κ3) is 3.12. The minimum Gasteiger partial charge on any atom is -0.451 e. The fourth-order valence-corrected chi connectivity index (χ4v) is 1.40. The van der Waals surface area contributed by atoms with Gasteiger partial charge in [0.05, 0.1) is 0 Å². The summed E-state index contributed by atoms with van der Waals surface area (Å²) in [5.41, 5.74) is -0.962. The fraction of sp³-hybridized carbons (Fsp3) is 0.600. The lowest BCUT2D eigenvalue weighted by molar-refractivity contribution is 0.0317. The molecule has 0 radical (unpaired) electrons. The molecule has 1 unspecified atom stereocenters. The Morgan fingerprint density at radius 2 is 2.21 bits per heavy atom. The first-order valence-corrected chi connectivity index (χ1v) is 5.43. The van der Waals surface area contributed by atoms with Crippen molar-refractivity contribution in [1.29, 1.82) is 0 Å². The molecule has 0 saturated heterocycles. The van der Waals surface area contributed by atoms with Gasteiger partial charge >= 0.3 is 0 Å². The van der Waals surface area contributed by atoms with Gasteiger partial charge in [0, 0.05) is 12.6 Å². The van der Waals surface area contributed by atoms with Gasteiger partial charge in [0.25, 0.3) is 0 Å². The molecule has 1 aromatic heterocycles. The number of hydrogen-bond acceptors (Lipinski definition) is 3. The third-order valence-electron chi connectivity index (χ3n) is 1.96. The molecule has 1 aromatic rings. The summed E-state index contributed by atoms with van der Waals surface area (Å²) in [4.78, 5) is 0. The SMILES string of the molecule is CC(C)NCC(C)(O)c1ccc(Br)o1. The van der Waals surface area contributed by atoms with E-state index in [0.29, 0.717) is 23.0 Å². The number of nitrogens with one attached hydrogen (secondary N) is 1. The summed E-state index contributed by atoms with van der Waals surface area (Å²) in [6.07, 6.45) is 0. The molecule has 0 bridgehead atoms. The Hall–Kier alpha value is -0.320. The van der Waals surface area contributed by atoms with Gasteiger partial charge in [-0.2, -0.15) is 0 Å². The molecule has 0 saturated carbocycles. The van der Waals surface area contributed by atoms with Crippen molar-refractivity contribution in [3.63, 3.8) is 0 Å². The van der Waals surface area contributed by atoms with Gasteiger partial charge < -0.3 is 14.8 Å². The molecule has 0 fully saturated rings. The molecule has 4 heteroatoms. The smallest absolute Gasteiger partial charge is 0.169 e. The molecule has 0 spiro atoms. The molecular formula is C10H16BrNO2. The zero-order valence-electron chi connectivity index (χ0n) is 8.67. The van der Waals surface area contributed by atoms with Crippen molar-refractivity contribution in [3.8, 4) is 0 Å². The van der Waals surface area contributed by atoms with Crippen LogP contribution < -0.4 is 5.32 Å². The average Bonchev–Trinajstić information content (AvgIpc) is 2.49. The lowest BCUT2D eigenvalue weighted by Gasteiger charge is -2.22. The van der Waals surface area contributed by atoms with E-state index in [1.165, 1.54) is 0 Å². The Balaban J connectivity index is 2.65. The summed E-state index contributed by atoms with van der Waals surface area (Å²) in [5.74, 6) is 0.567. The van der Waals surface area contributed by atoms with Crippen LogP contribution in [0.1, 0.15) is 26.5 Å². The Morgan fingerprint density at radius 3 is 2.64 bits per heavy atom. The molecule has 0 aliphatic rings. The van der Waals surface area contributed by atoms with Crippen molar-refractivity contribution in [2.45, 2.75) is 32.4 Å². The first-order valence-electron chi connectivity index (χ1n) is 4.63. The quantitative estimate of drug-likeness (QED) is 0.874. The first kappa shape index (κ1) is 11.8. The molecule has 0 aromatic carbocycles. The van der Waals surface area contributed by atoms with Crippen molar-refractivity contribution in [2.24, 2.45) is 0 Å². The molecule has 80 valence electrons. The van der Waals surface area contributed by atoms with E-state index < -0.39 is 5.60 Å². The normalized spacial score (nSPS) is 15.9. The monoisotopic (exact) mass is 261 g/mol. The van der Waals surface area contributed by atoms with Gasteiger partial charge in [-0.3, -0.25) is 0 Å². The highest BCUT2D eigenvalue weighted by molar-refractivity contribution is 9.10. The average molecular weight is 262 g/mol. The van der Waals surface area contributed by atoms with E-state index in [9.17, 15) is 5.11 Å². The first-order chi connectivity index (χ1) is 6.42. The molecular weight excluding hydrogens is 246 g/mol. The second-order valence-electron chi connectivity index (χ2n) is 3.91. The molecule has 0 aliphatic carbocycles. The van der Waals surface area contributed by atoms with Crippen LogP contribution in [0.5, 0.6) is 0 Å². The van der Waals surface area contributed by atoms with Crippen molar-refractivity contribution in [1.82, 2.24) is 5.32 Å². The van der Waals surface area contributed by atoms with Gasteiger partial charge in [0.2, 0.25) is 0 Å². The largest absolute Gasteiger partial charge is 0.451 e. The van der Waals surface area contributed by atoms with Crippen LogP contribution >= 0.6 is 15.9 Å². The molecule has 0 aliphatic heterocycles. The second kappa shape index (κ2) is 4.47. The maximum atomic E-state index is 10.1. The molecule has 1 heterocycles. The maximum absolute atomic E-state index is 10.1. The Morgan fingerprint density at radius 1 is 1.57 bits per heavy atom. The summed E-state index contributed by atoms with van der Waals surface area (Å²) in [6, 6.07) is 3.89. The van der Waals surface area contributed by atoms with E-state index in [1.54, 1.807) is 19.1 Å². The van der Waals surface area contributed by atoms with Crippen LogP contribution in [0.4, 0.5) is 0 Å².